The van der Waals surface area contributed by atoms with E-state index in [-0.39, 0.29) is 31.7 Å². The van der Waals surface area contributed by atoms with Crippen molar-refractivity contribution in [1.82, 2.24) is 15.4 Å². The van der Waals surface area contributed by atoms with Crippen molar-refractivity contribution in [1.29, 1.82) is 0 Å². The van der Waals surface area contributed by atoms with Gasteiger partial charge in [-0.1, -0.05) is 6.92 Å². The van der Waals surface area contributed by atoms with Gasteiger partial charge in [0.2, 0.25) is 15.9 Å². The Bertz CT molecular complexity index is 463. The number of carboxylic acids is 1. The van der Waals surface area contributed by atoms with Gasteiger partial charge in [-0.3, -0.25) is 14.9 Å². The van der Waals surface area contributed by atoms with E-state index in [0.717, 1.165) is 0 Å². The highest BCUT2D eigenvalue weighted by Crippen LogP contribution is 1.99. The topological polar surface area (TPSA) is 142 Å². The van der Waals surface area contributed by atoms with Gasteiger partial charge in [0.15, 0.2) is 0 Å². The van der Waals surface area contributed by atoms with E-state index in [4.69, 9.17) is 5.11 Å². The van der Waals surface area contributed by atoms with E-state index in [2.05, 4.69) is 10.0 Å². The molecule has 0 heterocycles. The number of hydrogen-bond acceptors (Lipinski definition) is 5. The molecule has 0 radical (unpaired) electrons. The van der Waals surface area contributed by atoms with Gasteiger partial charge in [-0.2, -0.15) is 0 Å². The monoisotopic (exact) mass is 323 g/mol. The fraction of sp³-hybridized carbons (Fsp3) is 0.727. The molecular weight excluding hydrogens is 302 g/mol. The summed E-state index contributed by atoms with van der Waals surface area (Å²) < 4.78 is 24.8. The average molecular weight is 323 g/mol. The summed E-state index contributed by atoms with van der Waals surface area (Å²) in [5, 5.41) is 12.7. The molecule has 0 saturated carbocycles. The Morgan fingerprint density at radius 3 is 2.29 bits per heavy atom. The van der Waals surface area contributed by atoms with Gasteiger partial charge in [0.1, 0.15) is 0 Å². The van der Waals surface area contributed by atoms with Crippen molar-refractivity contribution in [2.24, 2.45) is 0 Å². The number of urea groups is 1. The van der Waals surface area contributed by atoms with Crippen LogP contribution in [0.1, 0.15) is 32.6 Å². The summed E-state index contributed by atoms with van der Waals surface area (Å²) in [5.74, 6) is -1.75. The number of sulfonamides is 1. The summed E-state index contributed by atoms with van der Waals surface area (Å²) in [6.45, 7) is 1.79. The zero-order valence-corrected chi connectivity index (χ0v) is 12.7. The Morgan fingerprint density at radius 1 is 1.10 bits per heavy atom. The molecule has 0 aliphatic heterocycles. The standard InChI is InChI=1S/C11H21N3O6S/c1-2-13-21(19,20)8-7-12-11(18)14-9(15)5-3-4-6-10(16)17/h13H,2-8H2,1H3,(H,16,17)(H2,12,14,15,18). The summed E-state index contributed by atoms with van der Waals surface area (Å²) in [4.78, 5) is 32.8. The second kappa shape index (κ2) is 10.1. The molecule has 21 heavy (non-hydrogen) atoms. The summed E-state index contributed by atoms with van der Waals surface area (Å²) in [7, 11) is -3.41. The minimum Gasteiger partial charge on any atom is -0.481 e. The molecule has 9 nitrogen and oxygen atoms in total. The van der Waals surface area contributed by atoms with Crippen LogP contribution < -0.4 is 15.4 Å². The van der Waals surface area contributed by atoms with Gasteiger partial charge in [0.25, 0.3) is 0 Å². The molecular formula is C11H21N3O6S. The number of imide groups is 1. The molecule has 122 valence electrons. The van der Waals surface area contributed by atoms with E-state index in [9.17, 15) is 22.8 Å². The minimum atomic E-state index is -3.41. The van der Waals surface area contributed by atoms with Crippen LogP contribution in [0.15, 0.2) is 0 Å². The number of unbranched alkanes of at least 4 members (excludes halogenated alkanes) is 1. The highest BCUT2D eigenvalue weighted by molar-refractivity contribution is 7.89. The van der Waals surface area contributed by atoms with Crippen LogP contribution in [0.5, 0.6) is 0 Å². The molecule has 0 atom stereocenters. The lowest BCUT2D eigenvalue weighted by Gasteiger charge is -2.07. The SMILES string of the molecule is CCNS(=O)(=O)CCNC(=O)NC(=O)CCCCC(=O)O. The van der Waals surface area contributed by atoms with Crippen LogP contribution >= 0.6 is 0 Å². The lowest BCUT2D eigenvalue weighted by atomic mass is 10.2. The van der Waals surface area contributed by atoms with Gasteiger partial charge in [-0.05, 0) is 12.8 Å². The van der Waals surface area contributed by atoms with Crippen molar-refractivity contribution in [2.75, 3.05) is 18.8 Å². The van der Waals surface area contributed by atoms with Crippen LogP contribution in [0.4, 0.5) is 4.79 Å². The Kier molecular flexibility index (Phi) is 9.30. The highest BCUT2D eigenvalue weighted by Gasteiger charge is 2.11. The number of rotatable bonds is 10. The molecule has 3 amide bonds. The van der Waals surface area contributed by atoms with Crippen LogP contribution in [-0.4, -0.2) is 50.3 Å². The first-order chi connectivity index (χ1) is 9.76. The van der Waals surface area contributed by atoms with Crippen molar-refractivity contribution in [3.63, 3.8) is 0 Å². The van der Waals surface area contributed by atoms with Crippen molar-refractivity contribution in [3.05, 3.63) is 0 Å². The van der Waals surface area contributed by atoms with E-state index < -0.39 is 27.9 Å². The Labute approximate surface area is 123 Å². The molecule has 0 rings (SSSR count). The number of carbonyl (C=O) groups excluding carboxylic acids is 2. The third-order valence-electron chi connectivity index (χ3n) is 2.32. The fourth-order valence-electron chi connectivity index (χ4n) is 1.39. The third kappa shape index (κ3) is 11.8. The lowest BCUT2D eigenvalue weighted by Crippen LogP contribution is -2.42. The Morgan fingerprint density at radius 2 is 1.71 bits per heavy atom. The zero-order chi connectivity index (χ0) is 16.3. The number of amides is 3. The van der Waals surface area contributed by atoms with Gasteiger partial charge in [-0.15, -0.1) is 0 Å². The van der Waals surface area contributed by atoms with E-state index in [0.29, 0.717) is 12.8 Å². The van der Waals surface area contributed by atoms with Crippen LogP contribution in [-0.2, 0) is 19.6 Å². The second-order valence-corrected chi connectivity index (χ2v) is 6.15. The predicted molar refractivity (Wildman–Crippen MR) is 75.1 cm³/mol. The molecule has 0 spiro atoms. The first-order valence-electron chi connectivity index (χ1n) is 6.53. The van der Waals surface area contributed by atoms with Crippen molar-refractivity contribution < 1.29 is 27.9 Å². The van der Waals surface area contributed by atoms with E-state index >= 15 is 0 Å². The smallest absolute Gasteiger partial charge is 0.321 e. The first-order valence-corrected chi connectivity index (χ1v) is 8.19. The van der Waals surface area contributed by atoms with E-state index in [1.165, 1.54) is 0 Å². The van der Waals surface area contributed by atoms with Gasteiger partial charge in [0.05, 0.1) is 5.75 Å². The maximum absolute atomic E-state index is 11.3. The maximum atomic E-state index is 11.3. The van der Waals surface area contributed by atoms with E-state index in [1.54, 1.807) is 6.92 Å². The molecule has 4 N–H and O–H groups in total. The fourth-order valence-corrected chi connectivity index (χ4v) is 2.34. The molecule has 0 aromatic carbocycles. The van der Waals surface area contributed by atoms with Gasteiger partial charge in [0, 0.05) is 25.9 Å². The van der Waals surface area contributed by atoms with Gasteiger partial charge >= 0.3 is 12.0 Å². The summed E-state index contributed by atoms with van der Waals surface area (Å²) in [5.41, 5.74) is 0. The summed E-state index contributed by atoms with van der Waals surface area (Å²) >= 11 is 0. The van der Waals surface area contributed by atoms with Crippen molar-refractivity contribution in [2.45, 2.75) is 32.6 Å². The molecule has 0 bridgehead atoms. The number of aliphatic carboxylic acids is 1. The molecule has 10 heteroatoms. The number of carbonyl (C=O) groups is 3. The van der Waals surface area contributed by atoms with E-state index in [1.807, 2.05) is 5.32 Å². The van der Waals surface area contributed by atoms with Gasteiger partial charge in [-0.25, -0.2) is 17.9 Å². The van der Waals surface area contributed by atoms with Crippen LogP contribution in [0.3, 0.4) is 0 Å². The minimum absolute atomic E-state index is 0.0260. The first kappa shape index (κ1) is 19.3. The van der Waals surface area contributed by atoms with Crippen LogP contribution in [0.25, 0.3) is 0 Å². The lowest BCUT2D eigenvalue weighted by molar-refractivity contribution is -0.137. The molecule has 0 unspecified atom stereocenters. The molecule has 0 aliphatic carbocycles. The zero-order valence-electron chi connectivity index (χ0n) is 11.8. The Balaban J connectivity index is 3.79. The van der Waals surface area contributed by atoms with Crippen molar-refractivity contribution in [3.8, 4) is 0 Å². The summed E-state index contributed by atoms with van der Waals surface area (Å²) in [6.07, 6.45) is 0.726. The largest absolute Gasteiger partial charge is 0.481 e. The van der Waals surface area contributed by atoms with Crippen LogP contribution in [0, 0.1) is 0 Å². The molecule has 0 fully saturated rings. The second-order valence-electron chi connectivity index (χ2n) is 4.22. The number of carboxylic acid groups (broad SMARTS) is 1. The van der Waals surface area contributed by atoms with Crippen LogP contribution in [0.2, 0.25) is 0 Å². The Hall–Kier alpha value is -1.68. The molecule has 0 saturated heterocycles. The summed E-state index contributed by atoms with van der Waals surface area (Å²) in [6, 6.07) is -0.773. The maximum Gasteiger partial charge on any atom is 0.321 e. The molecule has 0 aromatic rings. The average Bonchev–Trinajstić information content (AvgIpc) is 2.34. The number of hydrogen-bond donors (Lipinski definition) is 4. The predicted octanol–water partition coefficient (Wildman–Crippen LogP) is -0.603. The van der Waals surface area contributed by atoms with Gasteiger partial charge < -0.3 is 10.4 Å². The molecule has 0 aliphatic rings. The highest BCUT2D eigenvalue weighted by atomic mass is 32.2. The molecule has 0 aromatic heterocycles. The quantitative estimate of drug-likeness (QED) is 0.395. The third-order valence-corrected chi connectivity index (χ3v) is 3.79. The number of nitrogens with one attached hydrogen (secondary N) is 3. The normalized spacial score (nSPS) is 10.9. The van der Waals surface area contributed by atoms with Crippen molar-refractivity contribution >= 4 is 27.9 Å².